The fraction of sp³-hybridized carbons (Fsp3) is 1.00. The molecule has 2 unspecified atom stereocenters. The summed E-state index contributed by atoms with van der Waals surface area (Å²) >= 11 is 0. The molecule has 0 aromatic heterocycles. The highest BCUT2D eigenvalue weighted by atomic mass is 15.1. The molecule has 0 amide bonds. The van der Waals surface area contributed by atoms with Gasteiger partial charge in [0.05, 0.1) is 0 Å². The van der Waals surface area contributed by atoms with Gasteiger partial charge in [0.1, 0.15) is 0 Å². The van der Waals surface area contributed by atoms with Gasteiger partial charge in [0.15, 0.2) is 0 Å². The molecule has 2 nitrogen and oxygen atoms in total. The summed E-state index contributed by atoms with van der Waals surface area (Å²) in [6.07, 6.45) is 9.54. The van der Waals surface area contributed by atoms with Crippen molar-refractivity contribution < 1.29 is 0 Å². The molecule has 0 rings (SSSR count). The van der Waals surface area contributed by atoms with Gasteiger partial charge in [-0.25, -0.2) is 0 Å². The number of nitrogens with one attached hydrogen (secondary N) is 1. The van der Waals surface area contributed by atoms with E-state index in [2.05, 4.69) is 52.0 Å². The van der Waals surface area contributed by atoms with Crippen molar-refractivity contribution in [1.82, 2.24) is 10.2 Å². The summed E-state index contributed by atoms with van der Waals surface area (Å²) in [5.74, 6) is 0.772. The summed E-state index contributed by atoms with van der Waals surface area (Å²) in [6.45, 7) is 10.4. The summed E-state index contributed by atoms with van der Waals surface area (Å²) in [4.78, 5) is 2.30. The van der Waals surface area contributed by atoms with Crippen molar-refractivity contribution >= 4 is 0 Å². The Labute approximate surface area is 122 Å². The lowest BCUT2D eigenvalue weighted by atomic mass is 10.0. The summed E-state index contributed by atoms with van der Waals surface area (Å²) < 4.78 is 0. The smallest absolute Gasteiger partial charge is 0.0199 e. The molecule has 0 saturated carbocycles. The van der Waals surface area contributed by atoms with Crippen molar-refractivity contribution in [3.63, 3.8) is 0 Å². The van der Waals surface area contributed by atoms with Crippen LogP contribution in [0.4, 0.5) is 0 Å². The van der Waals surface area contributed by atoms with Crippen LogP contribution in [0.1, 0.15) is 72.6 Å². The Morgan fingerprint density at radius 3 is 2.11 bits per heavy atom. The van der Waals surface area contributed by atoms with Crippen LogP contribution in [-0.2, 0) is 0 Å². The number of rotatable bonds is 12. The first-order chi connectivity index (χ1) is 8.95. The minimum absolute atomic E-state index is 0.639. The van der Waals surface area contributed by atoms with Gasteiger partial charge in [-0.05, 0) is 39.8 Å². The summed E-state index contributed by atoms with van der Waals surface area (Å²) in [5.41, 5.74) is 0. The molecule has 0 aromatic carbocycles. The zero-order valence-corrected chi connectivity index (χ0v) is 14.3. The normalized spacial score (nSPS) is 15.2. The van der Waals surface area contributed by atoms with E-state index in [1.807, 2.05) is 0 Å². The molecule has 0 aliphatic carbocycles. The average molecular weight is 271 g/mol. The Morgan fingerprint density at radius 1 is 0.947 bits per heavy atom. The van der Waals surface area contributed by atoms with Gasteiger partial charge in [0.2, 0.25) is 0 Å². The first kappa shape index (κ1) is 18.9. The first-order valence-electron chi connectivity index (χ1n) is 8.36. The van der Waals surface area contributed by atoms with Gasteiger partial charge in [0.25, 0.3) is 0 Å². The molecule has 0 saturated heterocycles. The van der Waals surface area contributed by atoms with Crippen molar-refractivity contribution in [3.8, 4) is 0 Å². The molecule has 1 N–H and O–H groups in total. The molecule has 116 valence electrons. The third-order valence-electron chi connectivity index (χ3n) is 3.60. The van der Waals surface area contributed by atoms with E-state index >= 15 is 0 Å². The van der Waals surface area contributed by atoms with Crippen LogP contribution >= 0.6 is 0 Å². The largest absolute Gasteiger partial charge is 0.310 e. The topological polar surface area (TPSA) is 15.3 Å². The minimum Gasteiger partial charge on any atom is -0.310 e. The highest BCUT2D eigenvalue weighted by Gasteiger charge is 2.14. The Hall–Kier alpha value is -0.0800. The van der Waals surface area contributed by atoms with Crippen LogP contribution in [0.15, 0.2) is 0 Å². The maximum atomic E-state index is 3.83. The molecule has 2 heteroatoms. The number of nitrogens with zero attached hydrogens (tertiary/aromatic N) is 1. The van der Waals surface area contributed by atoms with Crippen molar-refractivity contribution in [3.05, 3.63) is 0 Å². The Balaban J connectivity index is 3.84. The van der Waals surface area contributed by atoms with Crippen molar-refractivity contribution in [1.29, 1.82) is 0 Å². The number of hydrogen-bond acceptors (Lipinski definition) is 2. The lowest BCUT2D eigenvalue weighted by Gasteiger charge is -2.27. The van der Waals surface area contributed by atoms with Gasteiger partial charge < -0.3 is 10.2 Å². The van der Waals surface area contributed by atoms with Crippen LogP contribution in [0.25, 0.3) is 0 Å². The lowest BCUT2D eigenvalue weighted by Crippen LogP contribution is -2.43. The summed E-state index contributed by atoms with van der Waals surface area (Å²) in [6, 6.07) is 1.30. The summed E-state index contributed by atoms with van der Waals surface area (Å²) in [7, 11) is 4.34. The van der Waals surface area contributed by atoms with Crippen LogP contribution in [0.2, 0.25) is 0 Å². The van der Waals surface area contributed by atoms with Crippen LogP contribution in [0, 0.1) is 5.92 Å². The maximum Gasteiger partial charge on any atom is 0.0199 e. The van der Waals surface area contributed by atoms with Gasteiger partial charge in [0, 0.05) is 18.6 Å². The van der Waals surface area contributed by atoms with Gasteiger partial charge in [-0.1, -0.05) is 52.9 Å². The number of hydrogen-bond donors (Lipinski definition) is 1. The first-order valence-corrected chi connectivity index (χ1v) is 8.36. The number of likely N-dealkylation sites (N-methyl/N-ethyl adjacent to an activating group) is 1. The predicted octanol–water partition coefficient (Wildman–Crippen LogP) is 4.30. The zero-order valence-electron chi connectivity index (χ0n) is 14.3. The third kappa shape index (κ3) is 12.7. The molecule has 2 atom stereocenters. The quantitative estimate of drug-likeness (QED) is 0.532. The van der Waals surface area contributed by atoms with Crippen LogP contribution < -0.4 is 5.32 Å². The highest BCUT2D eigenvalue weighted by molar-refractivity contribution is 4.75. The molecule has 0 spiro atoms. The standard InChI is InChI=1S/C17H38N2/c1-7-8-9-10-11-12-16(4)18-17(13-15(2)3)14-19(5)6/h15-18H,7-14H2,1-6H3. The van der Waals surface area contributed by atoms with Gasteiger partial charge in [-0.2, -0.15) is 0 Å². The predicted molar refractivity (Wildman–Crippen MR) is 87.8 cm³/mol. The molecule has 0 radical (unpaired) electrons. The SMILES string of the molecule is CCCCCCCC(C)NC(CC(C)C)CN(C)C. The van der Waals surface area contributed by atoms with E-state index in [1.165, 1.54) is 44.9 Å². The van der Waals surface area contributed by atoms with Crippen LogP contribution in [0.3, 0.4) is 0 Å². The second-order valence-corrected chi connectivity index (χ2v) is 6.86. The summed E-state index contributed by atoms with van der Waals surface area (Å²) in [5, 5.41) is 3.83. The lowest BCUT2D eigenvalue weighted by molar-refractivity contribution is 0.284. The second kappa shape index (κ2) is 11.7. The van der Waals surface area contributed by atoms with Gasteiger partial charge in [-0.3, -0.25) is 0 Å². The molecule has 0 bridgehead atoms. The molecular formula is C17H38N2. The third-order valence-corrected chi connectivity index (χ3v) is 3.60. The monoisotopic (exact) mass is 270 g/mol. The minimum atomic E-state index is 0.639. The molecular weight excluding hydrogens is 232 g/mol. The molecule has 0 aliphatic rings. The zero-order chi connectivity index (χ0) is 14.7. The second-order valence-electron chi connectivity index (χ2n) is 6.86. The Bertz CT molecular complexity index is 180. The van der Waals surface area contributed by atoms with E-state index in [1.54, 1.807) is 0 Å². The van der Waals surface area contributed by atoms with Crippen LogP contribution in [0.5, 0.6) is 0 Å². The van der Waals surface area contributed by atoms with E-state index in [9.17, 15) is 0 Å². The fourth-order valence-electron chi connectivity index (χ4n) is 2.74. The van der Waals surface area contributed by atoms with Crippen molar-refractivity contribution in [2.24, 2.45) is 5.92 Å². The van der Waals surface area contributed by atoms with E-state index in [0.717, 1.165) is 12.5 Å². The van der Waals surface area contributed by atoms with E-state index in [-0.39, 0.29) is 0 Å². The van der Waals surface area contributed by atoms with E-state index < -0.39 is 0 Å². The van der Waals surface area contributed by atoms with Gasteiger partial charge in [-0.15, -0.1) is 0 Å². The van der Waals surface area contributed by atoms with Crippen LogP contribution in [-0.4, -0.2) is 37.6 Å². The van der Waals surface area contributed by atoms with Crippen molar-refractivity contribution in [2.75, 3.05) is 20.6 Å². The molecule has 19 heavy (non-hydrogen) atoms. The number of unbranched alkanes of at least 4 members (excludes halogenated alkanes) is 4. The molecule has 0 aliphatic heterocycles. The van der Waals surface area contributed by atoms with E-state index in [0.29, 0.717) is 12.1 Å². The Morgan fingerprint density at radius 2 is 1.58 bits per heavy atom. The van der Waals surface area contributed by atoms with E-state index in [4.69, 9.17) is 0 Å². The fourth-order valence-corrected chi connectivity index (χ4v) is 2.74. The Kier molecular flexibility index (Phi) is 11.7. The van der Waals surface area contributed by atoms with Gasteiger partial charge >= 0.3 is 0 Å². The maximum absolute atomic E-state index is 3.83. The molecule has 0 fully saturated rings. The van der Waals surface area contributed by atoms with Crippen molar-refractivity contribution in [2.45, 2.75) is 84.7 Å². The highest BCUT2D eigenvalue weighted by Crippen LogP contribution is 2.10. The molecule has 0 heterocycles. The average Bonchev–Trinajstić information content (AvgIpc) is 2.26. The molecule has 0 aromatic rings.